The molecule has 9 heteroatoms. The molecule has 1 fully saturated rings. The Bertz CT molecular complexity index is 1210. The molecule has 4 rings (SSSR count). The number of piperidine rings is 1. The van der Waals surface area contributed by atoms with Gasteiger partial charge in [-0.25, -0.2) is 0 Å². The minimum atomic E-state index is -3.76. The number of fused-ring (bicyclic) bond motifs is 1. The van der Waals surface area contributed by atoms with Crippen LogP contribution in [0.2, 0.25) is 0 Å². The van der Waals surface area contributed by atoms with E-state index in [4.69, 9.17) is 9.47 Å². The van der Waals surface area contributed by atoms with Gasteiger partial charge in [-0.15, -0.1) is 0 Å². The van der Waals surface area contributed by atoms with Crippen LogP contribution in [-0.2, 0) is 28.5 Å². The number of hydrogen-bond donors (Lipinski definition) is 1. The Balaban J connectivity index is 1.46. The maximum atomic E-state index is 15.0. The lowest BCUT2D eigenvalue weighted by molar-refractivity contribution is -0.144. The first-order valence-electron chi connectivity index (χ1n) is 11.2. The van der Waals surface area contributed by atoms with Gasteiger partial charge in [-0.1, -0.05) is 18.7 Å². The minimum absolute atomic E-state index is 0.0753. The van der Waals surface area contributed by atoms with E-state index >= 15 is 8.78 Å². The molecule has 2 amide bonds. The van der Waals surface area contributed by atoms with Crippen LogP contribution in [0.15, 0.2) is 48.7 Å². The van der Waals surface area contributed by atoms with E-state index in [1.165, 1.54) is 31.3 Å². The summed E-state index contributed by atoms with van der Waals surface area (Å²) in [6.45, 7) is 4.00. The SMILES string of the molecule is C=C1CCC(N2Cc3cc(CCC(=O)C(F)(F)c4cc(OC)ccc4OC)ccc3C2=O)C(=O)N1. The van der Waals surface area contributed by atoms with Crippen molar-refractivity contribution in [3.05, 3.63) is 70.9 Å². The van der Waals surface area contributed by atoms with Crippen molar-refractivity contribution in [2.75, 3.05) is 14.2 Å². The summed E-state index contributed by atoms with van der Waals surface area (Å²) in [5.41, 5.74) is 1.92. The van der Waals surface area contributed by atoms with Gasteiger partial charge in [0.05, 0.1) is 19.8 Å². The molecule has 184 valence electrons. The normalized spacial score (nSPS) is 17.8. The molecule has 1 atom stereocenters. The fourth-order valence-electron chi connectivity index (χ4n) is 4.49. The highest BCUT2D eigenvalue weighted by Crippen LogP contribution is 2.39. The molecule has 2 aliphatic rings. The summed E-state index contributed by atoms with van der Waals surface area (Å²) < 4.78 is 40.1. The first kappa shape index (κ1) is 24.4. The molecule has 0 saturated carbocycles. The zero-order valence-corrected chi connectivity index (χ0v) is 19.5. The van der Waals surface area contributed by atoms with Gasteiger partial charge in [0.15, 0.2) is 0 Å². The molecular formula is C26H26F2N2O5. The average Bonchev–Trinajstić information content (AvgIpc) is 3.17. The lowest BCUT2D eigenvalue weighted by atomic mass is 9.96. The van der Waals surface area contributed by atoms with Crippen LogP contribution in [0.1, 0.15) is 46.3 Å². The average molecular weight is 484 g/mol. The van der Waals surface area contributed by atoms with E-state index in [0.717, 1.165) is 6.07 Å². The van der Waals surface area contributed by atoms with Crippen LogP contribution in [0.25, 0.3) is 0 Å². The monoisotopic (exact) mass is 484 g/mol. The molecule has 2 aromatic rings. The Labute approximate surface area is 201 Å². The van der Waals surface area contributed by atoms with Gasteiger partial charge < -0.3 is 19.7 Å². The number of methoxy groups -OCH3 is 2. The number of nitrogens with zero attached hydrogens (tertiary/aromatic N) is 1. The number of hydrogen-bond acceptors (Lipinski definition) is 5. The molecular weight excluding hydrogens is 458 g/mol. The molecule has 1 unspecified atom stereocenters. The summed E-state index contributed by atoms with van der Waals surface area (Å²) >= 11 is 0. The van der Waals surface area contributed by atoms with Gasteiger partial charge in [0.1, 0.15) is 17.5 Å². The highest BCUT2D eigenvalue weighted by atomic mass is 19.3. The van der Waals surface area contributed by atoms with Crippen LogP contribution in [0.5, 0.6) is 11.5 Å². The van der Waals surface area contributed by atoms with E-state index < -0.39 is 29.7 Å². The number of amides is 2. The number of ether oxygens (including phenoxy) is 2. The van der Waals surface area contributed by atoms with Gasteiger partial charge in [-0.05, 0) is 54.7 Å². The van der Waals surface area contributed by atoms with Crippen LogP contribution >= 0.6 is 0 Å². The quantitative estimate of drug-likeness (QED) is 0.617. The third kappa shape index (κ3) is 4.62. The zero-order valence-electron chi connectivity index (χ0n) is 19.5. The van der Waals surface area contributed by atoms with Crippen molar-refractivity contribution >= 4 is 17.6 Å². The summed E-state index contributed by atoms with van der Waals surface area (Å²) in [7, 11) is 2.61. The first-order valence-corrected chi connectivity index (χ1v) is 11.2. The van der Waals surface area contributed by atoms with Crippen molar-refractivity contribution in [3.63, 3.8) is 0 Å². The lowest BCUT2D eigenvalue weighted by Gasteiger charge is -2.30. The highest BCUT2D eigenvalue weighted by Gasteiger charge is 2.43. The van der Waals surface area contributed by atoms with Gasteiger partial charge in [0.2, 0.25) is 11.7 Å². The number of ketones is 1. The van der Waals surface area contributed by atoms with Crippen molar-refractivity contribution in [3.8, 4) is 11.5 Å². The third-order valence-corrected chi connectivity index (χ3v) is 6.44. The maximum Gasteiger partial charge on any atom is 0.334 e. The fraction of sp³-hybridized carbons (Fsp3) is 0.346. The molecule has 0 bridgehead atoms. The Kier molecular flexibility index (Phi) is 6.60. The van der Waals surface area contributed by atoms with Gasteiger partial charge in [-0.3, -0.25) is 14.4 Å². The zero-order chi connectivity index (χ0) is 25.3. The number of carbonyl (C=O) groups is 3. The standard InChI is InChI=1S/C26H26F2N2O5/c1-15-4-9-21(24(32)29-15)30-14-17-12-16(5-8-19(17)25(30)33)6-11-23(31)26(27,28)20-13-18(34-2)7-10-22(20)35-3/h5,7-8,10,12-13,21H,1,4,6,9,11,14H2,2-3H3,(H,29,32). The van der Waals surface area contributed by atoms with Gasteiger partial charge >= 0.3 is 5.92 Å². The number of allylic oxidation sites excluding steroid dienone is 1. The number of benzene rings is 2. The van der Waals surface area contributed by atoms with Gasteiger partial charge in [0.25, 0.3) is 5.91 Å². The molecule has 35 heavy (non-hydrogen) atoms. The van der Waals surface area contributed by atoms with Gasteiger partial charge in [-0.2, -0.15) is 8.78 Å². The predicted molar refractivity (Wildman–Crippen MR) is 123 cm³/mol. The molecule has 7 nitrogen and oxygen atoms in total. The number of Topliss-reactive ketones (excluding diaryl/α,β-unsaturated/α-hetero) is 1. The van der Waals surface area contributed by atoms with E-state index in [1.54, 1.807) is 18.2 Å². The summed E-state index contributed by atoms with van der Waals surface area (Å²) in [5.74, 6) is -5.42. The van der Waals surface area contributed by atoms with Crippen molar-refractivity contribution in [2.45, 2.75) is 44.2 Å². The number of rotatable bonds is 8. The summed E-state index contributed by atoms with van der Waals surface area (Å²) in [6.07, 6.45) is 0.758. The Hall–Kier alpha value is -3.75. The molecule has 2 aliphatic heterocycles. The fourth-order valence-corrected chi connectivity index (χ4v) is 4.49. The second-order valence-corrected chi connectivity index (χ2v) is 8.64. The number of halogens is 2. The van der Waals surface area contributed by atoms with Gasteiger partial charge in [0, 0.05) is 24.2 Å². The molecule has 0 aliphatic carbocycles. The van der Waals surface area contributed by atoms with Crippen molar-refractivity contribution in [2.24, 2.45) is 0 Å². The topological polar surface area (TPSA) is 84.9 Å². The molecule has 2 heterocycles. The van der Waals surface area contributed by atoms with Crippen LogP contribution in [0.4, 0.5) is 8.78 Å². The van der Waals surface area contributed by atoms with Crippen LogP contribution in [0, 0.1) is 0 Å². The van der Waals surface area contributed by atoms with Crippen LogP contribution in [-0.4, -0.2) is 42.8 Å². The Morgan fingerprint density at radius 2 is 1.94 bits per heavy atom. The smallest absolute Gasteiger partial charge is 0.334 e. The largest absolute Gasteiger partial charge is 0.497 e. The van der Waals surface area contributed by atoms with E-state index in [0.29, 0.717) is 35.2 Å². The second-order valence-electron chi connectivity index (χ2n) is 8.64. The lowest BCUT2D eigenvalue weighted by Crippen LogP contribution is -2.49. The molecule has 2 aromatic carbocycles. The summed E-state index contributed by atoms with van der Waals surface area (Å²) in [5, 5.41) is 2.69. The number of carbonyl (C=O) groups excluding carboxylic acids is 3. The molecule has 0 radical (unpaired) electrons. The van der Waals surface area contributed by atoms with Crippen molar-refractivity contribution < 1.29 is 32.6 Å². The predicted octanol–water partition coefficient (Wildman–Crippen LogP) is 3.75. The second kappa shape index (κ2) is 9.48. The van der Waals surface area contributed by atoms with Crippen LogP contribution in [0.3, 0.4) is 0 Å². The number of aryl methyl sites for hydroxylation is 1. The van der Waals surface area contributed by atoms with E-state index in [2.05, 4.69) is 11.9 Å². The number of alkyl halides is 2. The summed E-state index contributed by atoms with van der Waals surface area (Å²) in [6, 6.07) is 8.35. The Morgan fingerprint density at radius 1 is 1.17 bits per heavy atom. The van der Waals surface area contributed by atoms with Crippen LogP contribution < -0.4 is 14.8 Å². The molecule has 0 aromatic heterocycles. The first-order chi connectivity index (χ1) is 16.6. The van der Waals surface area contributed by atoms with Crippen molar-refractivity contribution in [1.82, 2.24) is 10.2 Å². The molecule has 1 N–H and O–H groups in total. The van der Waals surface area contributed by atoms with E-state index in [9.17, 15) is 14.4 Å². The molecule has 0 spiro atoms. The third-order valence-electron chi connectivity index (χ3n) is 6.44. The van der Waals surface area contributed by atoms with E-state index in [1.807, 2.05) is 0 Å². The highest BCUT2D eigenvalue weighted by molar-refractivity contribution is 6.01. The number of nitrogens with one attached hydrogen (secondary N) is 1. The Morgan fingerprint density at radius 3 is 2.63 bits per heavy atom. The maximum absolute atomic E-state index is 15.0. The van der Waals surface area contributed by atoms with Crippen molar-refractivity contribution in [1.29, 1.82) is 0 Å². The minimum Gasteiger partial charge on any atom is -0.497 e. The van der Waals surface area contributed by atoms with E-state index in [-0.39, 0.29) is 36.3 Å². The molecule has 1 saturated heterocycles. The summed E-state index contributed by atoms with van der Waals surface area (Å²) in [4.78, 5) is 39.3.